The fourth-order valence-electron chi connectivity index (χ4n) is 2.42. The molecular formula is C12H22O8. The van der Waals surface area contributed by atoms with Crippen molar-refractivity contribution in [2.75, 3.05) is 19.8 Å². The zero-order valence-electron chi connectivity index (χ0n) is 11.0. The minimum absolute atomic E-state index is 0.0264. The number of rotatable bonds is 4. The standard InChI is InChI=1S/C12H22O8/c13-3-6-1-10(9(17)5-18-6)19-12-8(16)2-7(15)11(4-14)20-12/h6-17H,1-5H2/t6?,7-,8?,9?,10?,11?,12-/m0/s1. The van der Waals surface area contributed by atoms with E-state index in [4.69, 9.17) is 24.4 Å². The van der Waals surface area contributed by atoms with Gasteiger partial charge in [-0.3, -0.25) is 0 Å². The Morgan fingerprint density at radius 3 is 2.35 bits per heavy atom. The van der Waals surface area contributed by atoms with Gasteiger partial charge in [-0.15, -0.1) is 0 Å². The van der Waals surface area contributed by atoms with Crippen molar-refractivity contribution >= 4 is 0 Å². The Balaban J connectivity index is 1.93. The van der Waals surface area contributed by atoms with Gasteiger partial charge < -0.3 is 39.7 Å². The van der Waals surface area contributed by atoms with E-state index in [0.29, 0.717) is 0 Å². The quantitative estimate of drug-likeness (QED) is 0.380. The maximum atomic E-state index is 9.84. The van der Waals surface area contributed by atoms with Crippen LogP contribution in [0.25, 0.3) is 0 Å². The molecule has 20 heavy (non-hydrogen) atoms. The van der Waals surface area contributed by atoms with Crippen molar-refractivity contribution in [3.8, 4) is 0 Å². The van der Waals surface area contributed by atoms with Crippen LogP contribution in [-0.2, 0) is 14.2 Å². The summed E-state index contributed by atoms with van der Waals surface area (Å²) in [7, 11) is 0. The first-order valence-electron chi connectivity index (χ1n) is 6.73. The lowest BCUT2D eigenvalue weighted by Crippen LogP contribution is -2.53. The van der Waals surface area contributed by atoms with Crippen molar-refractivity contribution < 1.29 is 39.7 Å². The maximum absolute atomic E-state index is 9.84. The molecule has 0 aromatic carbocycles. The monoisotopic (exact) mass is 294 g/mol. The number of aliphatic hydroxyl groups is 5. The van der Waals surface area contributed by atoms with Crippen LogP contribution in [0.5, 0.6) is 0 Å². The average Bonchev–Trinajstić information content (AvgIpc) is 2.44. The smallest absolute Gasteiger partial charge is 0.184 e. The summed E-state index contributed by atoms with van der Waals surface area (Å²) >= 11 is 0. The zero-order valence-corrected chi connectivity index (χ0v) is 11.0. The molecule has 8 heteroatoms. The third kappa shape index (κ3) is 3.66. The van der Waals surface area contributed by atoms with E-state index in [0.717, 1.165) is 0 Å². The molecule has 118 valence electrons. The van der Waals surface area contributed by atoms with Crippen molar-refractivity contribution in [2.45, 2.75) is 55.8 Å². The predicted molar refractivity (Wildman–Crippen MR) is 64.7 cm³/mol. The van der Waals surface area contributed by atoms with Crippen LogP contribution in [0.2, 0.25) is 0 Å². The van der Waals surface area contributed by atoms with Gasteiger partial charge in [0.05, 0.1) is 38.1 Å². The van der Waals surface area contributed by atoms with E-state index in [1.807, 2.05) is 0 Å². The van der Waals surface area contributed by atoms with Crippen LogP contribution < -0.4 is 0 Å². The molecule has 2 saturated heterocycles. The molecule has 2 rings (SSSR count). The lowest BCUT2D eigenvalue weighted by Gasteiger charge is -2.40. The number of ether oxygens (including phenoxy) is 3. The molecule has 0 saturated carbocycles. The average molecular weight is 294 g/mol. The van der Waals surface area contributed by atoms with Crippen LogP contribution in [0.4, 0.5) is 0 Å². The zero-order chi connectivity index (χ0) is 14.7. The van der Waals surface area contributed by atoms with Crippen molar-refractivity contribution in [1.29, 1.82) is 0 Å². The second kappa shape index (κ2) is 7.10. The molecule has 7 atom stereocenters. The van der Waals surface area contributed by atoms with Crippen LogP contribution >= 0.6 is 0 Å². The molecule has 0 amide bonds. The summed E-state index contributed by atoms with van der Waals surface area (Å²) in [6.07, 6.45) is -5.52. The normalized spacial score (nSPS) is 46.4. The van der Waals surface area contributed by atoms with E-state index < -0.39 is 42.9 Å². The summed E-state index contributed by atoms with van der Waals surface area (Å²) in [4.78, 5) is 0. The van der Waals surface area contributed by atoms with Crippen molar-refractivity contribution in [1.82, 2.24) is 0 Å². The van der Waals surface area contributed by atoms with E-state index in [1.54, 1.807) is 0 Å². The highest BCUT2D eigenvalue weighted by Gasteiger charge is 2.40. The van der Waals surface area contributed by atoms with Gasteiger partial charge in [-0.25, -0.2) is 0 Å². The van der Waals surface area contributed by atoms with Crippen molar-refractivity contribution in [3.63, 3.8) is 0 Å². The first-order valence-corrected chi connectivity index (χ1v) is 6.73. The highest BCUT2D eigenvalue weighted by molar-refractivity contribution is 4.84. The molecule has 5 N–H and O–H groups in total. The third-order valence-electron chi connectivity index (χ3n) is 3.65. The molecule has 0 aliphatic carbocycles. The van der Waals surface area contributed by atoms with Crippen molar-refractivity contribution in [3.05, 3.63) is 0 Å². The van der Waals surface area contributed by atoms with Crippen LogP contribution in [0.3, 0.4) is 0 Å². The largest absolute Gasteiger partial charge is 0.394 e. The molecular weight excluding hydrogens is 272 g/mol. The second-order valence-electron chi connectivity index (χ2n) is 5.21. The van der Waals surface area contributed by atoms with Gasteiger partial charge in [0.15, 0.2) is 6.29 Å². The number of hydrogen-bond donors (Lipinski definition) is 5. The Morgan fingerprint density at radius 1 is 0.950 bits per heavy atom. The van der Waals surface area contributed by atoms with Gasteiger partial charge in [0.25, 0.3) is 0 Å². The predicted octanol–water partition coefficient (Wildman–Crippen LogP) is -2.66. The molecule has 0 spiro atoms. The molecule has 8 nitrogen and oxygen atoms in total. The van der Waals surface area contributed by atoms with Gasteiger partial charge in [-0.2, -0.15) is 0 Å². The molecule has 2 aliphatic heterocycles. The summed E-state index contributed by atoms with van der Waals surface area (Å²) in [5.41, 5.74) is 0. The van der Waals surface area contributed by atoms with Gasteiger partial charge >= 0.3 is 0 Å². The molecule has 2 fully saturated rings. The van der Waals surface area contributed by atoms with Crippen LogP contribution in [0.15, 0.2) is 0 Å². The molecule has 0 radical (unpaired) electrons. The minimum atomic E-state index is -1.05. The van der Waals surface area contributed by atoms with Gasteiger partial charge in [0.2, 0.25) is 0 Å². The first kappa shape index (κ1) is 16.1. The highest BCUT2D eigenvalue weighted by atomic mass is 16.7. The van der Waals surface area contributed by atoms with Crippen molar-refractivity contribution in [2.24, 2.45) is 0 Å². The molecule has 0 bridgehead atoms. The molecule has 2 aliphatic rings. The maximum Gasteiger partial charge on any atom is 0.184 e. The summed E-state index contributed by atoms with van der Waals surface area (Å²) in [5.74, 6) is 0. The fraction of sp³-hybridized carbons (Fsp3) is 1.00. The third-order valence-corrected chi connectivity index (χ3v) is 3.65. The Kier molecular flexibility index (Phi) is 5.70. The SMILES string of the molecule is OCC1CC(O[C@H]2OC(CO)[C@@H](O)CC2O)C(O)CO1. The second-order valence-corrected chi connectivity index (χ2v) is 5.21. The van der Waals surface area contributed by atoms with Crippen LogP contribution in [0, 0.1) is 0 Å². The number of hydrogen-bond acceptors (Lipinski definition) is 8. The topological polar surface area (TPSA) is 129 Å². The van der Waals surface area contributed by atoms with Gasteiger partial charge in [-0.1, -0.05) is 0 Å². The summed E-state index contributed by atoms with van der Waals surface area (Å²) in [6, 6.07) is 0. The van der Waals surface area contributed by atoms with E-state index in [9.17, 15) is 15.3 Å². The van der Waals surface area contributed by atoms with Crippen LogP contribution in [0.1, 0.15) is 12.8 Å². The Bertz CT molecular complexity index is 301. The van der Waals surface area contributed by atoms with E-state index in [-0.39, 0.29) is 32.7 Å². The van der Waals surface area contributed by atoms with Gasteiger partial charge in [-0.05, 0) is 0 Å². The lowest BCUT2D eigenvalue weighted by molar-refractivity contribution is -0.301. The Morgan fingerprint density at radius 2 is 1.70 bits per heavy atom. The van der Waals surface area contributed by atoms with E-state index in [2.05, 4.69) is 0 Å². The minimum Gasteiger partial charge on any atom is -0.394 e. The van der Waals surface area contributed by atoms with E-state index in [1.165, 1.54) is 0 Å². The molecule has 2 heterocycles. The molecule has 0 aromatic heterocycles. The highest BCUT2D eigenvalue weighted by Crippen LogP contribution is 2.26. The van der Waals surface area contributed by atoms with E-state index >= 15 is 0 Å². The molecule has 0 aromatic rings. The fourth-order valence-corrected chi connectivity index (χ4v) is 2.42. The molecule has 5 unspecified atom stereocenters. The lowest BCUT2D eigenvalue weighted by atomic mass is 10.0. The summed E-state index contributed by atoms with van der Waals surface area (Å²) in [5, 5.41) is 47.4. The Labute approximate surface area is 116 Å². The van der Waals surface area contributed by atoms with Gasteiger partial charge in [0.1, 0.15) is 18.3 Å². The summed E-state index contributed by atoms with van der Waals surface area (Å²) in [6.45, 7) is -0.535. The van der Waals surface area contributed by atoms with Gasteiger partial charge in [0, 0.05) is 12.8 Å². The van der Waals surface area contributed by atoms with Crippen LogP contribution in [-0.4, -0.2) is 88.3 Å². The summed E-state index contributed by atoms with van der Waals surface area (Å²) < 4.78 is 16.0. The first-order chi connectivity index (χ1) is 9.55. The number of aliphatic hydroxyl groups excluding tert-OH is 5. The Hall–Kier alpha value is -0.320.